The Balaban J connectivity index is 1.43. The molecule has 1 fully saturated rings. The fourth-order valence-corrected chi connectivity index (χ4v) is 3.85. The summed E-state index contributed by atoms with van der Waals surface area (Å²) in [5.41, 5.74) is 2.25. The van der Waals surface area contributed by atoms with E-state index in [1.54, 1.807) is 7.05 Å². The van der Waals surface area contributed by atoms with Crippen LogP contribution in [0.15, 0.2) is 64.5 Å². The number of pyridine rings is 1. The Kier molecular flexibility index (Phi) is 5.20. The van der Waals surface area contributed by atoms with E-state index < -0.39 is 5.82 Å². The van der Waals surface area contributed by atoms with Gasteiger partial charge in [-0.2, -0.15) is 4.98 Å². The predicted molar refractivity (Wildman–Crippen MR) is 115 cm³/mol. The van der Waals surface area contributed by atoms with Crippen molar-refractivity contribution in [2.75, 3.05) is 24.5 Å². The molecule has 1 saturated heterocycles. The van der Waals surface area contributed by atoms with Crippen molar-refractivity contribution in [3.8, 4) is 22.6 Å². The fraction of sp³-hybridized carbons (Fsp3) is 0.227. The molecule has 1 aromatic carbocycles. The number of hydrogen-bond donors (Lipinski definition) is 1. The van der Waals surface area contributed by atoms with Crippen LogP contribution in [0.4, 0.5) is 10.3 Å². The number of nitrogens with zero attached hydrogens (tertiary/aromatic N) is 6. The Labute approximate surface area is 182 Å². The maximum atomic E-state index is 14.2. The van der Waals surface area contributed by atoms with E-state index in [0.717, 1.165) is 17.3 Å². The summed E-state index contributed by atoms with van der Waals surface area (Å²) in [5.74, 6) is 0.520. The summed E-state index contributed by atoms with van der Waals surface area (Å²) in [4.78, 5) is 27.1. The summed E-state index contributed by atoms with van der Waals surface area (Å²) in [7, 11) is 1.67. The van der Waals surface area contributed by atoms with Crippen LogP contribution in [0.3, 0.4) is 0 Å². The van der Waals surface area contributed by atoms with Crippen molar-refractivity contribution in [1.82, 2.24) is 30.0 Å². The minimum absolute atomic E-state index is 0.0290. The Morgan fingerprint density at radius 1 is 1.22 bits per heavy atom. The van der Waals surface area contributed by atoms with Gasteiger partial charge >= 0.3 is 0 Å². The highest BCUT2D eigenvalue weighted by atomic mass is 19.1. The van der Waals surface area contributed by atoms with E-state index in [1.807, 2.05) is 29.2 Å². The summed E-state index contributed by atoms with van der Waals surface area (Å²) in [6.45, 7) is 1.98. The van der Waals surface area contributed by atoms with Crippen LogP contribution in [0.25, 0.3) is 22.6 Å². The van der Waals surface area contributed by atoms with Gasteiger partial charge in [-0.3, -0.25) is 14.3 Å². The van der Waals surface area contributed by atoms with Gasteiger partial charge in [0.1, 0.15) is 0 Å². The molecule has 1 aliphatic heterocycles. The van der Waals surface area contributed by atoms with E-state index >= 15 is 0 Å². The first-order valence-corrected chi connectivity index (χ1v) is 10.1. The Morgan fingerprint density at radius 3 is 2.81 bits per heavy atom. The molecular weight excluding hydrogens is 413 g/mol. The van der Waals surface area contributed by atoms with Gasteiger partial charge in [0.05, 0.1) is 11.9 Å². The van der Waals surface area contributed by atoms with Gasteiger partial charge in [-0.05, 0) is 11.6 Å². The van der Waals surface area contributed by atoms with Crippen molar-refractivity contribution in [2.45, 2.75) is 6.04 Å². The number of halogens is 1. The number of piperazine rings is 1. The number of benzene rings is 1. The zero-order valence-corrected chi connectivity index (χ0v) is 17.3. The second kappa shape index (κ2) is 8.31. The predicted octanol–water partition coefficient (Wildman–Crippen LogP) is 2.18. The van der Waals surface area contributed by atoms with Crippen LogP contribution in [-0.4, -0.2) is 44.3 Å². The maximum absolute atomic E-state index is 14.2. The van der Waals surface area contributed by atoms with E-state index in [1.165, 1.54) is 29.3 Å². The molecule has 0 aliphatic carbocycles. The average Bonchev–Trinajstić information content (AvgIpc) is 3.36. The molecule has 9 nitrogen and oxygen atoms in total. The molecule has 0 amide bonds. The van der Waals surface area contributed by atoms with Gasteiger partial charge in [0, 0.05) is 56.1 Å². The van der Waals surface area contributed by atoms with Crippen molar-refractivity contribution < 1.29 is 8.91 Å². The Hall–Kier alpha value is -3.92. The lowest BCUT2D eigenvalue weighted by Crippen LogP contribution is -2.47. The smallest absolute Gasteiger partial charge is 0.255 e. The third kappa shape index (κ3) is 3.76. The molecule has 0 unspecified atom stereocenters. The SMILES string of the molecule is Cn1c(N2CCN[C@@H](c3ccc(-c4ncon4)cc3)C2)nc(-c2ccncc2F)cc1=O. The highest BCUT2D eigenvalue weighted by molar-refractivity contribution is 5.60. The molecule has 1 aliphatic rings. The van der Waals surface area contributed by atoms with Crippen molar-refractivity contribution in [1.29, 1.82) is 0 Å². The zero-order chi connectivity index (χ0) is 22.1. The van der Waals surface area contributed by atoms with Gasteiger partial charge in [0.25, 0.3) is 5.56 Å². The molecule has 3 aromatic heterocycles. The largest absolute Gasteiger partial charge is 0.342 e. The van der Waals surface area contributed by atoms with Crippen LogP contribution in [0.1, 0.15) is 11.6 Å². The standard InChI is InChI=1S/C22H20FN7O2/c1-29-20(31)10-18(16-6-7-24-11-17(16)23)27-22(29)30-9-8-25-19(12-30)14-2-4-15(5-3-14)21-26-13-32-28-21/h2-7,10-11,13,19,25H,8-9,12H2,1H3/t19-/m1/s1. The van der Waals surface area contributed by atoms with E-state index in [-0.39, 0.29) is 17.2 Å². The maximum Gasteiger partial charge on any atom is 0.255 e. The van der Waals surface area contributed by atoms with Gasteiger partial charge < -0.3 is 14.7 Å². The summed E-state index contributed by atoms with van der Waals surface area (Å²) < 4.78 is 20.5. The lowest BCUT2D eigenvalue weighted by molar-refractivity contribution is 0.418. The summed E-state index contributed by atoms with van der Waals surface area (Å²) in [5, 5.41) is 7.36. The molecule has 10 heteroatoms. The second-order valence-corrected chi connectivity index (χ2v) is 7.52. The van der Waals surface area contributed by atoms with E-state index in [2.05, 4.69) is 25.4 Å². The average molecular weight is 433 g/mol. The minimum atomic E-state index is -0.515. The normalized spacial score (nSPS) is 16.3. The molecule has 4 aromatic rings. The third-order valence-electron chi connectivity index (χ3n) is 5.55. The van der Waals surface area contributed by atoms with Crippen LogP contribution in [-0.2, 0) is 7.05 Å². The van der Waals surface area contributed by atoms with Crippen LogP contribution < -0.4 is 15.8 Å². The molecular formula is C22H20FN7O2. The fourth-order valence-electron chi connectivity index (χ4n) is 3.85. The van der Waals surface area contributed by atoms with Crippen molar-refractivity contribution in [2.24, 2.45) is 7.05 Å². The van der Waals surface area contributed by atoms with Gasteiger partial charge in [0.15, 0.2) is 5.82 Å². The molecule has 1 N–H and O–H groups in total. The lowest BCUT2D eigenvalue weighted by atomic mass is 10.0. The third-order valence-corrected chi connectivity index (χ3v) is 5.55. The summed E-state index contributed by atoms with van der Waals surface area (Å²) in [6, 6.07) is 10.8. The Morgan fingerprint density at radius 2 is 2.06 bits per heavy atom. The summed E-state index contributed by atoms with van der Waals surface area (Å²) in [6.07, 6.45) is 3.90. The van der Waals surface area contributed by atoms with Crippen LogP contribution in [0.5, 0.6) is 0 Å². The molecule has 32 heavy (non-hydrogen) atoms. The van der Waals surface area contributed by atoms with Crippen molar-refractivity contribution in [3.05, 3.63) is 76.9 Å². The van der Waals surface area contributed by atoms with E-state index in [9.17, 15) is 9.18 Å². The van der Waals surface area contributed by atoms with Gasteiger partial charge in [-0.1, -0.05) is 29.4 Å². The number of anilines is 1. The number of nitrogens with one attached hydrogen (secondary N) is 1. The second-order valence-electron chi connectivity index (χ2n) is 7.52. The first-order valence-electron chi connectivity index (χ1n) is 10.1. The van der Waals surface area contributed by atoms with Gasteiger partial charge in [-0.25, -0.2) is 9.37 Å². The minimum Gasteiger partial charge on any atom is -0.342 e. The highest BCUT2D eigenvalue weighted by Gasteiger charge is 2.24. The van der Waals surface area contributed by atoms with Crippen LogP contribution in [0.2, 0.25) is 0 Å². The van der Waals surface area contributed by atoms with E-state index in [4.69, 9.17) is 4.52 Å². The number of rotatable bonds is 4. The van der Waals surface area contributed by atoms with E-state index in [0.29, 0.717) is 37.1 Å². The van der Waals surface area contributed by atoms with Gasteiger partial charge in [-0.15, -0.1) is 0 Å². The van der Waals surface area contributed by atoms with Crippen LogP contribution in [0, 0.1) is 5.82 Å². The summed E-state index contributed by atoms with van der Waals surface area (Å²) >= 11 is 0. The van der Waals surface area contributed by atoms with Gasteiger partial charge in [0.2, 0.25) is 18.2 Å². The lowest BCUT2D eigenvalue weighted by Gasteiger charge is -2.35. The molecule has 1 atom stereocenters. The molecule has 5 rings (SSSR count). The number of hydrogen-bond acceptors (Lipinski definition) is 8. The molecule has 0 saturated carbocycles. The molecule has 0 radical (unpaired) electrons. The quantitative estimate of drug-likeness (QED) is 0.523. The molecule has 162 valence electrons. The Bertz CT molecular complexity index is 1290. The molecule has 0 bridgehead atoms. The molecule has 4 heterocycles. The molecule has 0 spiro atoms. The zero-order valence-electron chi connectivity index (χ0n) is 17.3. The van der Waals surface area contributed by atoms with Crippen LogP contribution >= 0.6 is 0 Å². The monoisotopic (exact) mass is 433 g/mol. The first kappa shape index (κ1) is 20.0. The number of aromatic nitrogens is 5. The first-order chi connectivity index (χ1) is 15.6. The van der Waals surface area contributed by atoms with Crippen molar-refractivity contribution in [3.63, 3.8) is 0 Å². The topological polar surface area (TPSA) is 102 Å². The highest BCUT2D eigenvalue weighted by Crippen LogP contribution is 2.25. The van der Waals surface area contributed by atoms with Crippen molar-refractivity contribution >= 4 is 5.95 Å².